The summed E-state index contributed by atoms with van der Waals surface area (Å²) in [6, 6.07) is 1.52. The van der Waals surface area contributed by atoms with E-state index in [1.165, 1.54) is 0 Å². The molecule has 2 aliphatic heterocycles. The minimum absolute atomic E-state index is 0.0228. The molecule has 2 atom stereocenters. The maximum absolute atomic E-state index is 13.8. The van der Waals surface area contributed by atoms with Crippen molar-refractivity contribution >= 4 is 11.7 Å². The van der Waals surface area contributed by atoms with Crippen LogP contribution in [0.3, 0.4) is 0 Å². The summed E-state index contributed by atoms with van der Waals surface area (Å²) in [6.45, 7) is 6.89. The maximum atomic E-state index is 13.8. The normalized spacial score (nSPS) is 22.9. The number of halogens is 3. The Morgan fingerprint density at radius 1 is 1.16 bits per heavy atom. The SMILES string of the molecule is Cn1ccc(C(=O)N2CCC(c3cc4n(n3)[C@@H](C(F)(F)F)C[C@@H](C(C)(C)C)N4)CC2)n1. The van der Waals surface area contributed by atoms with Gasteiger partial charge in [0.25, 0.3) is 5.91 Å². The lowest BCUT2D eigenvalue weighted by atomic mass is 9.82. The molecule has 4 rings (SSSR count). The molecule has 31 heavy (non-hydrogen) atoms. The average Bonchev–Trinajstić information content (AvgIpc) is 3.31. The van der Waals surface area contributed by atoms with Crippen LogP contribution >= 0.6 is 0 Å². The van der Waals surface area contributed by atoms with Crippen LogP contribution in [0, 0.1) is 5.41 Å². The van der Waals surface area contributed by atoms with Gasteiger partial charge in [0.2, 0.25) is 0 Å². The summed E-state index contributed by atoms with van der Waals surface area (Å²) in [5, 5.41) is 11.8. The number of fused-ring (bicyclic) bond motifs is 1. The number of aryl methyl sites for hydroxylation is 1. The van der Waals surface area contributed by atoms with E-state index in [9.17, 15) is 18.0 Å². The van der Waals surface area contributed by atoms with Crippen LogP contribution in [0.2, 0.25) is 0 Å². The van der Waals surface area contributed by atoms with Crippen LogP contribution in [0.1, 0.15) is 68.2 Å². The van der Waals surface area contributed by atoms with Crippen LogP contribution in [0.5, 0.6) is 0 Å². The fourth-order valence-electron chi connectivity index (χ4n) is 4.43. The predicted octanol–water partition coefficient (Wildman–Crippen LogP) is 3.97. The smallest absolute Gasteiger partial charge is 0.367 e. The van der Waals surface area contributed by atoms with E-state index in [-0.39, 0.29) is 29.7 Å². The number of piperidine rings is 1. The molecule has 1 fully saturated rings. The van der Waals surface area contributed by atoms with Crippen molar-refractivity contribution in [2.45, 2.75) is 64.2 Å². The number of rotatable bonds is 2. The van der Waals surface area contributed by atoms with Crippen LogP contribution in [-0.4, -0.2) is 55.7 Å². The zero-order valence-electron chi connectivity index (χ0n) is 18.3. The quantitative estimate of drug-likeness (QED) is 0.771. The molecule has 2 aromatic rings. The van der Waals surface area contributed by atoms with E-state index in [1.807, 2.05) is 20.8 Å². The molecule has 170 valence electrons. The van der Waals surface area contributed by atoms with Crippen molar-refractivity contribution in [3.8, 4) is 0 Å². The molecule has 10 heteroatoms. The van der Waals surface area contributed by atoms with Crippen molar-refractivity contribution in [1.29, 1.82) is 0 Å². The van der Waals surface area contributed by atoms with E-state index in [0.717, 1.165) is 4.68 Å². The number of amides is 1. The predicted molar refractivity (Wildman–Crippen MR) is 110 cm³/mol. The van der Waals surface area contributed by atoms with Crippen molar-refractivity contribution in [3.63, 3.8) is 0 Å². The number of hydrogen-bond donors (Lipinski definition) is 1. The Bertz CT molecular complexity index is 949. The number of likely N-dealkylation sites (tertiary alicyclic amines) is 1. The molecule has 0 aliphatic carbocycles. The number of carbonyl (C=O) groups excluding carboxylic acids is 1. The van der Waals surface area contributed by atoms with Crippen molar-refractivity contribution in [2.24, 2.45) is 12.5 Å². The van der Waals surface area contributed by atoms with Gasteiger partial charge in [0.1, 0.15) is 11.5 Å². The molecule has 7 nitrogen and oxygen atoms in total. The van der Waals surface area contributed by atoms with E-state index in [2.05, 4.69) is 15.5 Å². The number of aromatic nitrogens is 4. The highest BCUT2D eigenvalue weighted by Gasteiger charge is 2.48. The molecule has 0 saturated carbocycles. The monoisotopic (exact) mass is 438 g/mol. The second kappa shape index (κ2) is 7.56. The van der Waals surface area contributed by atoms with Gasteiger partial charge in [0.15, 0.2) is 6.04 Å². The highest BCUT2D eigenvalue weighted by atomic mass is 19.4. The number of alkyl halides is 3. The Balaban J connectivity index is 1.50. The van der Waals surface area contributed by atoms with E-state index in [4.69, 9.17) is 0 Å². The molecular formula is C21H29F3N6O. The van der Waals surface area contributed by atoms with Gasteiger partial charge in [-0.15, -0.1) is 0 Å². The molecule has 0 spiro atoms. The minimum Gasteiger partial charge on any atom is -0.367 e. The van der Waals surface area contributed by atoms with Crippen LogP contribution in [0.15, 0.2) is 18.3 Å². The molecule has 1 amide bonds. The maximum Gasteiger partial charge on any atom is 0.410 e. The number of anilines is 1. The van der Waals surface area contributed by atoms with Crippen LogP contribution in [0.25, 0.3) is 0 Å². The summed E-state index contributed by atoms with van der Waals surface area (Å²) in [5.74, 6) is 0.333. The van der Waals surface area contributed by atoms with E-state index >= 15 is 0 Å². The van der Waals surface area contributed by atoms with Crippen LogP contribution in [0.4, 0.5) is 19.0 Å². The summed E-state index contributed by atoms with van der Waals surface area (Å²) in [7, 11) is 1.76. The van der Waals surface area contributed by atoms with Gasteiger partial charge >= 0.3 is 6.18 Å². The second-order valence-corrected chi connectivity index (χ2v) is 9.70. The molecule has 0 unspecified atom stereocenters. The zero-order chi connectivity index (χ0) is 22.6. The summed E-state index contributed by atoms with van der Waals surface area (Å²) in [5.41, 5.74) is 0.760. The highest BCUT2D eigenvalue weighted by molar-refractivity contribution is 5.92. The first-order valence-corrected chi connectivity index (χ1v) is 10.6. The van der Waals surface area contributed by atoms with E-state index in [1.54, 1.807) is 35.0 Å². The summed E-state index contributed by atoms with van der Waals surface area (Å²) >= 11 is 0. The topological polar surface area (TPSA) is 68.0 Å². The molecule has 4 heterocycles. The van der Waals surface area contributed by atoms with Gasteiger partial charge in [-0.1, -0.05) is 20.8 Å². The highest BCUT2D eigenvalue weighted by Crippen LogP contribution is 2.44. The standard InChI is InChI=1S/C21H29F3N6O/c1-20(2,3)16-12-17(21(22,23)24)30-18(25-16)11-15(27-30)13-5-9-29(10-6-13)19(31)14-7-8-28(4)26-14/h7-8,11,13,16-17,25H,5-6,9-10,12H2,1-4H3/t16-,17+/m0/s1. The third-order valence-electron chi connectivity index (χ3n) is 6.39. The second-order valence-electron chi connectivity index (χ2n) is 9.70. The lowest BCUT2D eigenvalue weighted by Crippen LogP contribution is -2.44. The molecule has 0 aromatic carbocycles. The summed E-state index contributed by atoms with van der Waals surface area (Å²) < 4.78 is 44.1. The summed E-state index contributed by atoms with van der Waals surface area (Å²) in [6.07, 6.45) is -1.35. The number of carbonyl (C=O) groups is 1. The molecule has 2 aromatic heterocycles. The lowest BCUT2D eigenvalue weighted by molar-refractivity contribution is -0.175. The minimum atomic E-state index is -4.36. The van der Waals surface area contributed by atoms with Gasteiger partial charge in [0, 0.05) is 44.4 Å². The Morgan fingerprint density at radius 2 is 1.84 bits per heavy atom. The van der Waals surface area contributed by atoms with Crippen molar-refractivity contribution in [2.75, 3.05) is 18.4 Å². The van der Waals surface area contributed by atoms with Crippen molar-refractivity contribution in [1.82, 2.24) is 24.5 Å². The van der Waals surface area contributed by atoms with Crippen molar-refractivity contribution in [3.05, 3.63) is 29.7 Å². The Hall–Kier alpha value is -2.52. The average molecular weight is 438 g/mol. The van der Waals surface area contributed by atoms with Gasteiger partial charge < -0.3 is 10.2 Å². The molecular weight excluding hydrogens is 409 g/mol. The molecule has 1 saturated heterocycles. The third-order valence-corrected chi connectivity index (χ3v) is 6.39. The van der Waals surface area contributed by atoms with E-state index in [0.29, 0.717) is 43.1 Å². The zero-order valence-corrected chi connectivity index (χ0v) is 18.3. The molecule has 0 bridgehead atoms. The third kappa shape index (κ3) is 4.29. The first kappa shape index (κ1) is 21.7. The first-order valence-electron chi connectivity index (χ1n) is 10.6. The van der Waals surface area contributed by atoms with Gasteiger partial charge in [-0.05, 0) is 30.7 Å². The van der Waals surface area contributed by atoms with Gasteiger partial charge in [-0.2, -0.15) is 23.4 Å². The fourth-order valence-corrected chi connectivity index (χ4v) is 4.43. The molecule has 1 N–H and O–H groups in total. The van der Waals surface area contributed by atoms with Crippen molar-refractivity contribution < 1.29 is 18.0 Å². The Labute approximate surface area is 179 Å². The summed E-state index contributed by atoms with van der Waals surface area (Å²) in [4.78, 5) is 14.3. The first-order chi connectivity index (χ1) is 14.4. The van der Waals surface area contributed by atoms with Crippen LogP contribution < -0.4 is 5.32 Å². The Kier molecular flexibility index (Phi) is 5.29. The molecule has 2 aliphatic rings. The van der Waals surface area contributed by atoms with Crippen LogP contribution in [-0.2, 0) is 7.05 Å². The lowest BCUT2D eigenvalue weighted by Gasteiger charge is -2.39. The van der Waals surface area contributed by atoms with E-state index < -0.39 is 12.2 Å². The van der Waals surface area contributed by atoms with Gasteiger partial charge in [0.05, 0.1) is 5.69 Å². The van der Waals surface area contributed by atoms with Gasteiger partial charge in [-0.3, -0.25) is 9.48 Å². The number of nitrogens with one attached hydrogen (secondary N) is 1. The van der Waals surface area contributed by atoms with Gasteiger partial charge in [-0.25, -0.2) is 4.68 Å². The Morgan fingerprint density at radius 3 is 2.39 bits per heavy atom. The number of nitrogens with zero attached hydrogens (tertiary/aromatic N) is 5. The molecule has 0 radical (unpaired) electrons. The largest absolute Gasteiger partial charge is 0.410 e. The fraction of sp³-hybridized carbons (Fsp3) is 0.667. The number of hydrogen-bond acceptors (Lipinski definition) is 4.